The Hall–Kier alpha value is -1.06. The van der Waals surface area contributed by atoms with E-state index in [0.717, 1.165) is 24.5 Å². The molecule has 1 aromatic carbocycles. The molecule has 0 atom stereocenters. The number of rotatable bonds is 9. The molecule has 0 spiro atoms. The van der Waals surface area contributed by atoms with Crippen LogP contribution in [0.3, 0.4) is 0 Å². The van der Waals surface area contributed by atoms with Crippen molar-refractivity contribution in [3.63, 3.8) is 0 Å². The van der Waals surface area contributed by atoms with E-state index in [2.05, 4.69) is 6.92 Å². The maximum Gasteiger partial charge on any atom is 0.183 e. The maximum atomic E-state index is 5.89. The third kappa shape index (κ3) is 5.62. The largest absolute Gasteiger partial charge is 0.494 e. The zero-order valence-electron chi connectivity index (χ0n) is 14.1. The fourth-order valence-corrected chi connectivity index (χ4v) is 2.83. The quantitative estimate of drug-likeness (QED) is 0.593. The van der Waals surface area contributed by atoms with Crippen LogP contribution in [-0.4, -0.2) is 19.8 Å². The van der Waals surface area contributed by atoms with Crippen LogP contribution in [0.25, 0.3) is 0 Å². The van der Waals surface area contributed by atoms with E-state index < -0.39 is 0 Å². The Morgan fingerprint density at radius 3 is 2.27 bits per heavy atom. The Labute approximate surface area is 135 Å². The van der Waals surface area contributed by atoms with Crippen LogP contribution in [-0.2, 0) is 9.47 Å². The van der Waals surface area contributed by atoms with Crippen molar-refractivity contribution in [2.24, 2.45) is 5.92 Å². The highest BCUT2D eigenvalue weighted by atomic mass is 16.7. The molecular weight excluding hydrogens is 276 g/mol. The van der Waals surface area contributed by atoms with Gasteiger partial charge < -0.3 is 14.2 Å². The molecule has 3 nitrogen and oxygen atoms in total. The van der Waals surface area contributed by atoms with Crippen LogP contribution in [0, 0.1) is 5.92 Å². The molecule has 2 rings (SSSR count). The summed E-state index contributed by atoms with van der Waals surface area (Å²) < 4.78 is 17.2. The summed E-state index contributed by atoms with van der Waals surface area (Å²) in [4.78, 5) is 0. The predicted molar refractivity (Wildman–Crippen MR) is 89.1 cm³/mol. The van der Waals surface area contributed by atoms with Crippen LogP contribution in [0.4, 0.5) is 0 Å². The maximum absolute atomic E-state index is 5.89. The fourth-order valence-electron chi connectivity index (χ4n) is 2.83. The Bertz CT molecular complexity index is 394. The Morgan fingerprint density at radius 2 is 1.64 bits per heavy atom. The summed E-state index contributed by atoms with van der Waals surface area (Å²) in [5.41, 5.74) is 1.07. The van der Waals surface area contributed by atoms with Crippen molar-refractivity contribution in [3.8, 4) is 5.75 Å². The van der Waals surface area contributed by atoms with Crippen LogP contribution in [0.2, 0.25) is 0 Å². The first kappa shape index (κ1) is 17.3. The van der Waals surface area contributed by atoms with Gasteiger partial charge in [-0.2, -0.15) is 0 Å². The summed E-state index contributed by atoms with van der Waals surface area (Å²) in [6.07, 6.45) is 7.67. The van der Waals surface area contributed by atoms with Crippen molar-refractivity contribution in [1.29, 1.82) is 0 Å². The lowest BCUT2D eigenvalue weighted by atomic mass is 10.0. The van der Waals surface area contributed by atoms with Gasteiger partial charge in [0.15, 0.2) is 6.29 Å². The topological polar surface area (TPSA) is 27.7 Å². The highest BCUT2D eigenvalue weighted by molar-refractivity contribution is 5.28. The summed E-state index contributed by atoms with van der Waals surface area (Å²) >= 11 is 0. The molecule has 0 aromatic heterocycles. The van der Waals surface area contributed by atoms with Crippen LogP contribution in [0.1, 0.15) is 64.2 Å². The molecule has 0 N–H and O–H groups in total. The molecule has 1 heterocycles. The van der Waals surface area contributed by atoms with Crippen LogP contribution in [0.15, 0.2) is 24.3 Å². The van der Waals surface area contributed by atoms with Gasteiger partial charge in [-0.25, -0.2) is 0 Å². The first-order valence-corrected chi connectivity index (χ1v) is 8.79. The molecule has 0 aliphatic carbocycles. The standard InChI is InChI=1S/C19H30O3/c1-3-5-6-7-8-9-16-14-21-19(22-15-16)17-10-12-18(13-11-17)20-4-2/h10-13,16,19H,3-9,14-15H2,1-2H3. The van der Waals surface area contributed by atoms with Gasteiger partial charge in [-0.05, 0) is 25.5 Å². The monoisotopic (exact) mass is 306 g/mol. The molecule has 1 aliphatic rings. The Kier molecular flexibility index (Phi) is 7.75. The molecular formula is C19H30O3. The van der Waals surface area contributed by atoms with Crippen LogP contribution < -0.4 is 4.74 Å². The minimum Gasteiger partial charge on any atom is -0.494 e. The molecule has 0 amide bonds. The fraction of sp³-hybridized carbons (Fsp3) is 0.684. The lowest BCUT2D eigenvalue weighted by Gasteiger charge is -2.29. The molecule has 0 saturated carbocycles. The second-order valence-corrected chi connectivity index (χ2v) is 6.07. The van der Waals surface area contributed by atoms with Crippen molar-refractivity contribution in [3.05, 3.63) is 29.8 Å². The van der Waals surface area contributed by atoms with Crippen molar-refractivity contribution < 1.29 is 14.2 Å². The average Bonchev–Trinajstić information content (AvgIpc) is 2.56. The molecule has 0 bridgehead atoms. The zero-order valence-corrected chi connectivity index (χ0v) is 14.1. The Balaban J connectivity index is 1.68. The van der Waals surface area contributed by atoms with Gasteiger partial charge in [0.05, 0.1) is 19.8 Å². The normalized spacial score (nSPS) is 21.7. The highest BCUT2D eigenvalue weighted by Gasteiger charge is 2.23. The number of hydrogen-bond acceptors (Lipinski definition) is 3. The second-order valence-electron chi connectivity index (χ2n) is 6.07. The van der Waals surface area contributed by atoms with Crippen molar-refractivity contribution in [2.45, 2.75) is 58.7 Å². The minimum absolute atomic E-state index is 0.216. The summed E-state index contributed by atoms with van der Waals surface area (Å²) in [5.74, 6) is 1.45. The van der Waals surface area contributed by atoms with Gasteiger partial charge >= 0.3 is 0 Å². The van der Waals surface area contributed by atoms with E-state index in [9.17, 15) is 0 Å². The van der Waals surface area contributed by atoms with Crippen LogP contribution in [0.5, 0.6) is 5.75 Å². The lowest BCUT2D eigenvalue weighted by Crippen LogP contribution is -2.27. The number of ether oxygens (including phenoxy) is 3. The van der Waals surface area contributed by atoms with E-state index in [1.807, 2.05) is 31.2 Å². The molecule has 1 fully saturated rings. The third-order valence-electron chi connectivity index (χ3n) is 4.15. The van der Waals surface area contributed by atoms with Crippen LogP contribution >= 0.6 is 0 Å². The molecule has 1 aromatic rings. The lowest BCUT2D eigenvalue weighted by molar-refractivity contribution is -0.206. The molecule has 124 valence electrons. The van der Waals surface area contributed by atoms with Gasteiger partial charge in [-0.15, -0.1) is 0 Å². The van der Waals surface area contributed by atoms with Gasteiger partial charge in [0.1, 0.15) is 5.75 Å². The van der Waals surface area contributed by atoms with E-state index >= 15 is 0 Å². The summed E-state index contributed by atoms with van der Waals surface area (Å²) in [6.45, 7) is 6.56. The summed E-state index contributed by atoms with van der Waals surface area (Å²) in [6, 6.07) is 8.01. The number of benzene rings is 1. The Morgan fingerprint density at radius 1 is 0.955 bits per heavy atom. The molecule has 22 heavy (non-hydrogen) atoms. The molecule has 1 saturated heterocycles. The van der Waals surface area contributed by atoms with Gasteiger partial charge in [0, 0.05) is 11.5 Å². The second kappa shape index (κ2) is 9.86. The number of hydrogen-bond donors (Lipinski definition) is 0. The van der Waals surface area contributed by atoms with Crippen molar-refractivity contribution in [2.75, 3.05) is 19.8 Å². The molecule has 3 heteroatoms. The minimum atomic E-state index is -0.216. The molecule has 0 unspecified atom stereocenters. The van der Waals surface area contributed by atoms with Gasteiger partial charge in [-0.3, -0.25) is 0 Å². The first-order valence-electron chi connectivity index (χ1n) is 8.79. The van der Waals surface area contributed by atoms with Crippen molar-refractivity contribution >= 4 is 0 Å². The highest BCUT2D eigenvalue weighted by Crippen LogP contribution is 2.28. The van der Waals surface area contributed by atoms with Gasteiger partial charge in [-0.1, -0.05) is 51.2 Å². The number of unbranched alkanes of at least 4 members (excludes halogenated alkanes) is 4. The molecule has 1 aliphatic heterocycles. The zero-order chi connectivity index (χ0) is 15.6. The van der Waals surface area contributed by atoms with E-state index in [0.29, 0.717) is 12.5 Å². The van der Waals surface area contributed by atoms with Crippen molar-refractivity contribution in [1.82, 2.24) is 0 Å². The SMILES string of the molecule is CCCCCCCC1COC(c2ccc(OCC)cc2)OC1. The smallest absolute Gasteiger partial charge is 0.183 e. The predicted octanol–water partition coefficient (Wildman–Crippen LogP) is 5.11. The van der Waals surface area contributed by atoms with E-state index in [1.165, 1.54) is 38.5 Å². The summed E-state index contributed by atoms with van der Waals surface area (Å²) in [5, 5.41) is 0. The van der Waals surface area contributed by atoms with Gasteiger partial charge in [0.25, 0.3) is 0 Å². The molecule has 0 radical (unpaired) electrons. The average molecular weight is 306 g/mol. The van der Waals surface area contributed by atoms with E-state index in [1.54, 1.807) is 0 Å². The van der Waals surface area contributed by atoms with E-state index in [-0.39, 0.29) is 6.29 Å². The van der Waals surface area contributed by atoms with Gasteiger partial charge in [0.2, 0.25) is 0 Å². The summed E-state index contributed by atoms with van der Waals surface area (Å²) in [7, 11) is 0. The van der Waals surface area contributed by atoms with E-state index in [4.69, 9.17) is 14.2 Å². The third-order valence-corrected chi connectivity index (χ3v) is 4.15. The first-order chi connectivity index (χ1) is 10.8.